The number of carbonyl (C=O) groups excluding carboxylic acids is 3. The summed E-state index contributed by atoms with van der Waals surface area (Å²) in [4.78, 5) is 40.8. The fourth-order valence-corrected chi connectivity index (χ4v) is 5.64. The maximum absolute atomic E-state index is 13.1. The molecule has 2 amide bonds. The number of thiophene rings is 1. The molecule has 2 heterocycles. The normalized spacial score (nSPS) is 15.5. The van der Waals surface area contributed by atoms with Crippen LogP contribution in [-0.2, 0) is 14.3 Å². The molecule has 7 nitrogen and oxygen atoms in total. The number of nitrogens with one attached hydrogen (secondary N) is 1. The Balaban J connectivity index is 1.55. The molecule has 0 saturated carbocycles. The summed E-state index contributed by atoms with van der Waals surface area (Å²) < 4.78 is 12.0. The molecule has 1 aromatic carbocycles. The number of amides is 2. The van der Waals surface area contributed by atoms with Crippen LogP contribution in [0, 0.1) is 5.92 Å². The molecule has 10 heteroatoms. The largest absolute Gasteiger partial charge is 0.461 e. The lowest BCUT2D eigenvalue weighted by Crippen LogP contribution is -2.49. The number of hydrogen-bond acceptors (Lipinski definition) is 6. The highest BCUT2D eigenvalue weighted by atomic mass is 79.9. The molecule has 1 fully saturated rings. The van der Waals surface area contributed by atoms with Crippen LogP contribution in [-0.4, -0.2) is 53.7 Å². The van der Waals surface area contributed by atoms with E-state index in [1.54, 1.807) is 49.1 Å². The summed E-state index contributed by atoms with van der Waals surface area (Å²) in [7, 11) is 0. The van der Waals surface area contributed by atoms with Gasteiger partial charge < -0.3 is 19.7 Å². The standard InChI is InChI=1S/C26H32BrClN2O5S/c1-15(2)22(29-25(33)35-26(3,4)5)24(32)34-18-8-10-30(11-9-18)23(31)16-6-7-19(20(28)12-16)21-13-17(27)14-36-21/h6-7,12-15,18,22H,8-11H2,1-5H3,(H,29,33)/t22-/m0/s1. The highest BCUT2D eigenvalue weighted by Crippen LogP contribution is 2.35. The van der Waals surface area contributed by atoms with Crippen molar-refractivity contribution in [1.29, 1.82) is 0 Å². The maximum atomic E-state index is 13.1. The molecular weight excluding hydrogens is 568 g/mol. The molecule has 1 atom stereocenters. The Labute approximate surface area is 229 Å². The Morgan fingerprint density at radius 1 is 1.17 bits per heavy atom. The zero-order valence-corrected chi connectivity index (χ0v) is 24.3. The Hall–Kier alpha value is -2.10. The van der Waals surface area contributed by atoms with E-state index in [0.717, 1.165) is 14.9 Å². The number of likely N-dealkylation sites (tertiary alicyclic amines) is 1. The van der Waals surface area contributed by atoms with Gasteiger partial charge in [-0.1, -0.05) is 31.5 Å². The third-order valence-corrected chi connectivity index (χ3v) is 7.69. The van der Waals surface area contributed by atoms with Crippen LogP contribution < -0.4 is 5.32 Å². The molecule has 1 aliphatic rings. The molecule has 3 rings (SSSR count). The lowest BCUT2D eigenvalue weighted by molar-refractivity contribution is -0.154. The minimum Gasteiger partial charge on any atom is -0.461 e. The molecule has 1 aromatic heterocycles. The maximum Gasteiger partial charge on any atom is 0.408 e. The molecule has 0 aliphatic carbocycles. The minimum atomic E-state index is -0.816. The number of benzene rings is 1. The fourth-order valence-electron chi connectivity index (χ4n) is 3.83. The second kappa shape index (κ2) is 12.0. The van der Waals surface area contributed by atoms with Crippen molar-refractivity contribution in [3.05, 3.63) is 44.7 Å². The monoisotopic (exact) mass is 598 g/mol. The van der Waals surface area contributed by atoms with Gasteiger partial charge in [0.05, 0.1) is 5.02 Å². The van der Waals surface area contributed by atoms with Gasteiger partial charge in [-0.2, -0.15) is 0 Å². The number of piperidine rings is 1. The zero-order chi connectivity index (χ0) is 26.6. The molecule has 196 valence electrons. The van der Waals surface area contributed by atoms with E-state index in [4.69, 9.17) is 21.1 Å². The van der Waals surface area contributed by atoms with Crippen molar-refractivity contribution in [2.75, 3.05) is 13.1 Å². The van der Waals surface area contributed by atoms with Gasteiger partial charge in [-0.05, 0) is 60.8 Å². The average Bonchev–Trinajstić information content (AvgIpc) is 3.21. The molecular formula is C26H32BrClN2O5S. The van der Waals surface area contributed by atoms with Crippen molar-refractivity contribution in [2.45, 2.75) is 65.2 Å². The van der Waals surface area contributed by atoms with Gasteiger partial charge in [0.15, 0.2) is 0 Å². The number of rotatable bonds is 6. The van der Waals surface area contributed by atoms with Gasteiger partial charge in [0.1, 0.15) is 17.7 Å². The third kappa shape index (κ3) is 7.70. The number of alkyl carbamates (subject to hydrolysis) is 1. The van der Waals surface area contributed by atoms with E-state index in [1.165, 1.54) is 0 Å². The van der Waals surface area contributed by atoms with Crippen LogP contribution in [0.25, 0.3) is 10.4 Å². The Kier molecular flexibility index (Phi) is 9.46. The number of hydrogen-bond donors (Lipinski definition) is 1. The van der Waals surface area contributed by atoms with Crippen molar-refractivity contribution in [2.24, 2.45) is 5.92 Å². The van der Waals surface area contributed by atoms with Crippen LogP contribution >= 0.6 is 38.9 Å². The minimum absolute atomic E-state index is 0.104. The molecule has 0 bridgehead atoms. The van der Waals surface area contributed by atoms with E-state index < -0.39 is 23.7 Å². The summed E-state index contributed by atoms with van der Waals surface area (Å²) in [6.45, 7) is 9.86. The van der Waals surface area contributed by atoms with Crippen molar-refractivity contribution < 1.29 is 23.9 Å². The molecule has 36 heavy (non-hydrogen) atoms. The van der Waals surface area contributed by atoms with E-state index in [0.29, 0.717) is 36.5 Å². The highest BCUT2D eigenvalue weighted by molar-refractivity contribution is 9.10. The predicted molar refractivity (Wildman–Crippen MR) is 145 cm³/mol. The lowest BCUT2D eigenvalue weighted by atomic mass is 10.0. The molecule has 0 radical (unpaired) electrons. The van der Waals surface area contributed by atoms with Gasteiger partial charge in [-0.3, -0.25) is 4.79 Å². The molecule has 1 N–H and O–H groups in total. The van der Waals surface area contributed by atoms with E-state index in [2.05, 4.69) is 21.2 Å². The molecule has 0 spiro atoms. The molecule has 2 aromatic rings. The van der Waals surface area contributed by atoms with Gasteiger partial charge in [-0.15, -0.1) is 11.3 Å². The van der Waals surface area contributed by atoms with E-state index in [-0.39, 0.29) is 17.9 Å². The van der Waals surface area contributed by atoms with Crippen molar-refractivity contribution >= 4 is 56.8 Å². The fraction of sp³-hybridized carbons (Fsp3) is 0.500. The quantitative estimate of drug-likeness (QED) is 0.382. The highest BCUT2D eigenvalue weighted by Gasteiger charge is 2.32. The molecule has 1 aliphatic heterocycles. The lowest BCUT2D eigenvalue weighted by Gasteiger charge is -2.33. The van der Waals surface area contributed by atoms with Crippen molar-refractivity contribution in [1.82, 2.24) is 10.2 Å². The Morgan fingerprint density at radius 2 is 1.83 bits per heavy atom. The second-order valence-corrected chi connectivity index (χ2v) is 12.4. The van der Waals surface area contributed by atoms with Crippen molar-refractivity contribution in [3.8, 4) is 10.4 Å². The first kappa shape index (κ1) is 28.5. The topological polar surface area (TPSA) is 84.9 Å². The SMILES string of the molecule is CC(C)[C@H](NC(=O)OC(C)(C)C)C(=O)OC1CCN(C(=O)c2ccc(-c3cc(Br)cs3)c(Cl)c2)CC1. The van der Waals surface area contributed by atoms with E-state index in [1.807, 2.05) is 31.4 Å². The third-order valence-electron chi connectivity index (χ3n) is 5.65. The zero-order valence-electron chi connectivity index (χ0n) is 21.1. The summed E-state index contributed by atoms with van der Waals surface area (Å²) >= 11 is 11.5. The van der Waals surface area contributed by atoms with Crippen LogP contribution in [0.5, 0.6) is 0 Å². The number of ether oxygens (including phenoxy) is 2. The first-order chi connectivity index (χ1) is 16.8. The van der Waals surface area contributed by atoms with Gasteiger partial charge in [0.2, 0.25) is 0 Å². The number of esters is 1. The number of carbonyl (C=O) groups is 3. The Bertz CT molecular complexity index is 1110. The first-order valence-electron chi connectivity index (χ1n) is 11.9. The summed E-state index contributed by atoms with van der Waals surface area (Å²) in [5, 5.41) is 5.13. The smallest absolute Gasteiger partial charge is 0.408 e. The van der Waals surface area contributed by atoms with Crippen LogP contribution in [0.1, 0.15) is 57.8 Å². The van der Waals surface area contributed by atoms with Crippen LogP contribution in [0.2, 0.25) is 5.02 Å². The summed E-state index contributed by atoms with van der Waals surface area (Å²) in [5.74, 6) is -0.773. The van der Waals surface area contributed by atoms with E-state index >= 15 is 0 Å². The van der Waals surface area contributed by atoms with Gasteiger partial charge in [0, 0.05) is 51.8 Å². The van der Waals surface area contributed by atoms with Crippen LogP contribution in [0.4, 0.5) is 4.79 Å². The predicted octanol–water partition coefficient (Wildman–Crippen LogP) is 6.53. The summed E-state index contributed by atoms with van der Waals surface area (Å²) in [6.07, 6.45) is 0.0505. The average molecular weight is 600 g/mol. The van der Waals surface area contributed by atoms with E-state index in [9.17, 15) is 14.4 Å². The Morgan fingerprint density at radius 3 is 2.36 bits per heavy atom. The molecule has 0 unspecified atom stereocenters. The van der Waals surface area contributed by atoms with Gasteiger partial charge in [0.25, 0.3) is 5.91 Å². The van der Waals surface area contributed by atoms with Gasteiger partial charge >= 0.3 is 12.1 Å². The number of halogens is 2. The van der Waals surface area contributed by atoms with Gasteiger partial charge in [-0.25, -0.2) is 9.59 Å². The van der Waals surface area contributed by atoms with Crippen LogP contribution in [0.15, 0.2) is 34.1 Å². The number of nitrogens with zero attached hydrogens (tertiary/aromatic N) is 1. The van der Waals surface area contributed by atoms with Crippen LogP contribution in [0.3, 0.4) is 0 Å². The second-order valence-electron chi connectivity index (χ2n) is 10.1. The summed E-state index contributed by atoms with van der Waals surface area (Å²) in [5.41, 5.74) is 0.742. The van der Waals surface area contributed by atoms with Crippen molar-refractivity contribution in [3.63, 3.8) is 0 Å². The summed E-state index contributed by atoms with van der Waals surface area (Å²) in [6, 6.07) is 6.54. The first-order valence-corrected chi connectivity index (χ1v) is 13.9. The molecule has 1 saturated heterocycles.